The monoisotopic (exact) mass is 264 g/mol. The molecule has 0 heterocycles. The Labute approximate surface area is 106 Å². The molecule has 2 atom stereocenters. The molecular formula is C11H20O7. The molecule has 0 saturated heterocycles. The molecule has 7 heteroatoms. The SMILES string of the molecule is COOC1C(C)(C)CCCC1(OOC)OC(=O)O. The van der Waals surface area contributed by atoms with Crippen molar-refractivity contribution in [3.8, 4) is 0 Å². The lowest BCUT2D eigenvalue weighted by Crippen LogP contribution is -2.58. The summed E-state index contributed by atoms with van der Waals surface area (Å²) in [5.41, 5.74) is -0.373. The van der Waals surface area contributed by atoms with E-state index in [1.54, 1.807) is 0 Å². The minimum absolute atomic E-state index is 0.338. The molecule has 0 amide bonds. The van der Waals surface area contributed by atoms with Crippen molar-refractivity contribution in [2.45, 2.75) is 45.0 Å². The zero-order valence-corrected chi connectivity index (χ0v) is 11.1. The number of hydrogen-bond donors (Lipinski definition) is 1. The summed E-state index contributed by atoms with van der Waals surface area (Å²) in [7, 11) is 2.64. The zero-order chi connectivity index (χ0) is 13.8. The second-order valence-electron chi connectivity index (χ2n) is 4.91. The van der Waals surface area contributed by atoms with Crippen LogP contribution in [0.5, 0.6) is 0 Å². The third-order valence-corrected chi connectivity index (χ3v) is 3.13. The predicted molar refractivity (Wildman–Crippen MR) is 59.4 cm³/mol. The highest BCUT2D eigenvalue weighted by Gasteiger charge is 2.56. The Morgan fingerprint density at radius 1 is 1.22 bits per heavy atom. The highest BCUT2D eigenvalue weighted by atomic mass is 17.2. The van der Waals surface area contributed by atoms with Gasteiger partial charge in [-0.2, -0.15) is 4.89 Å². The molecule has 1 N–H and O–H groups in total. The zero-order valence-electron chi connectivity index (χ0n) is 11.1. The Bertz CT molecular complexity index is 287. The van der Waals surface area contributed by atoms with Gasteiger partial charge in [-0.05, 0) is 12.8 Å². The van der Waals surface area contributed by atoms with E-state index < -0.39 is 18.0 Å². The van der Waals surface area contributed by atoms with Crippen LogP contribution in [0.2, 0.25) is 0 Å². The van der Waals surface area contributed by atoms with E-state index in [2.05, 4.69) is 4.89 Å². The Morgan fingerprint density at radius 2 is 1.89 bits per heavy atom. The average Bonchev–Trinajstić information content (AvgIpc) is 2.23. The molecular weight excluding hydrogens is 244 g/mol. The summed E-state index contributed by atoms with van der Waals surface area (Å²) in [6.07, 6.45) is -0.273. The van der Waals surface area contributed by atoms with Gasteiger partial charge in [0, 0.05) is 11.8 Å². The van der Waals surface area contributed by atoms with Gasteiger partial charge in [-0.25, -0.2) is 19.5 Å². The van der Waals surface area contributed by atoms with Crippen LogP contribution in [-0.4, -0.2) is 37.4 Å². The van der Waals surface area contributed by atoms with Crippen LogP contribution in [-0.2, 0) is 24.3 Å². The van der Waals surface area contributed by atoms with E-state index in [0.29, 0.717) is 6.42 Å². The summed E-state index contributed by atoms with van der Waals surface area (Å²) in [5.74, 6) is -1.52. The summed E-state index contributed by atoms with van der Waals surface area (Å²) in [5, 5.41) is 8.86. The fourth-order valence-corrected chi connectivity index (χ4v) is 2.44. The van der Waals surface area contributed by atoms with Crippen LogP contribution in [0.1, 0.15) is 33.1 Å². The molecule has 1 fully saturated rings. The van der Waals surface area contributed by atoms with E-state index in [4.69, 9.17) is 24.5 Å². The maximum atomic E-state index is 10.9. The van der Waals surface area contributed by atoms with Crippen molar-refractivity contribution < 1.29 is 34.2 Å². The van der Waals surface area contributed by atoms with Gasteiger partial charge in [0.05, 0.1) is 14.2 Å². The highest BCUT2D eigenvalue weighted by Crippen LogP contribution is 2.45. The molecule has 0 aromatic carbocycles. The van der Waals surface area contributed by atoms with Gasteiger partial charge >= 0.3 is 6.16 Å². The first-order chi connectivity index (χ1) is 8.38. The first kappa shape index (κ1) is 15.2. The van der Waals surface area contributed by atoms with E-state index in [1.165, 1.54) is 14.2 Å². The van der Waals surface area contributed by atoms with E-state index in [-0.39, 0.29) is 5.41 Å². The van der Waals surface area contributed by atoms with Gasteiger partial charge in [0.2, 0.25) is 0 Å². The van der Waals surface area contributed by atoms with Gasteiger partial charge in [-0.15, -0.1) is 0 Å². The molecule has 18 heavy (non-hydrogen) atoms. The van der Waals surface area contributed by atoms with Crippen molar-refractivity contribution >= 4 is 6.16 Å². The van der Waals surface area contributed by atoms with Crippen molar-refractivity contribution in [3.63, 3.8) is 0 Å². The number of ether oxygens (including phenoxy) is 1. The second kappa shape index (κ2) is 5.83. The van der Waals surface area contributed by atoms with Crippen LogP contribution >= 0.6 is 0 Å². The normalized spacial score (nSPS) is 31.0. The van der Waals surface area contributed by atoms with Gasteiger partial charge in [-0.3, -0.25) is 0 Å². The predicted octanol–water partition coefficient (Wildman–Crippen LogP) is 2.11. The minimum Gasteiger partial charge on any atom is -0.450 e. The number of carboxylic acid groups (broad SMARTS) is 1. The van der Waals surface area contributed by atoms with Crippen LogP contribution in [0.4, 0.5) is 4.79 Å². The van der Waals surface area contributed by atoms with E-state index in [0.717, 1.165) is 12.8 Å². The van der Waals surface area contributed by atoms with Crippen molar-refractivity contribution in [1.29, 1.82) is 0 Å². The fraction of sp³-hybridized carbons (Fsp3) is 0.909. The number of carbonyl (C=O) groups is 1. The molecule has 0 radical (unpaired) electrons. The Kier molecular flexibility index (Phi) is 4.92. The molecule has 0 aromatic rings. The van der Waals surface area contributed by atoms with Crippen molar-refractivity contribution in [1.82, 2.24) is 0 Å². The van der Waals surface area contributed by atoms with Crippen LogP contribution in [0.25, 0.3) is 0 Å². The van der Waals surface area contributed by atoms with Gasteiger partial charge in [-0.1, -0.05) is 13.8 Å². The maximum absolute atomic E-state index is 10.9. The van der Waals surface area contributed by atoms with E-state index in [9.17, 15) is 4.79 Å². The topological polar surface area (TPSA) is 83.5 Å². The molecule has 1 aliphatic carbocycles. The first-order valence-electron chi connectivity index (χ1n) is 5.71. The molecule has 7 nitrogen and oxygen atoms in total. The molecule has 0 bridgehead atoms. The van der Waals surface area contributed by atoms with Crippen molar-refractivity contribution in [2.75, 3.05) is 14.2 Å². The third-order valence-electron chi connectivity index (χ3n) is 3.13. The average molecular weight is 264 g/mol. The van der Waals surface area contributed by atoms with Crippen LogP contribution in [0, 0.1) is 5.41 Å². The maximum Gasteiger partial charge on any atom is 0.508 e. The first-order valence-corrected chi connectivity index (χ1v) is 5.71. The summed E-state index contributed by atoms with van der Waals surface area (Å²) >= 11 is 0. The Hall–Kier alpha value is -0.890. The lowest BCUT2D eigenvalue weighted by atomic mass is 9.71. The van der Waals surface area contributed by atoms with Gasteiger partial charge in [0.1, 0.15) is 0 Å². The summed E-state index contributed by atoms with van der Waals surface area (Å²) < 4.78 is 4.88. The number of hydrogen-bond acceptors (Lipinski definition) is 6. The molecule has 2 unspecified atom stereocenters. The molecule has 0 aromatic heterocycles. The lowest BCUT2D eigenvalue weighted by Gasteiger charge is -2.46. The lowest BCUT2D eigenvalue weighted by molar-refractivity contribution is -0.479. The Morgan fingerprint density at radius 3 is 2.39 bits per heavy atom. The second-order valence-corrected chi connectivity index (χ2v) is 4.91. The van der Waals surface area contributed by atoms with E-state index in [1.807, 2.05) is 13.8 Å². The third kappa shape index (κ3) is 3.11. The van der Waals surface area contributed by atoms with Crippen LogP contribution < -0.4 is 0 Å². The van der Waals surface area contributed by atoms with Crippen LogP contribution in [0.3, 0.4) is 0 Å². The minimum atomic E-state index is -1.52. The largest absolute Gasteiger partial charge is 0.508 e. The summed E-state index contributed by atoms with van der Waals surface area (Å²) in [4.78, 5) is 30.4. The van der Waals surface area contributed by atoms with Crippen molar-refractivity contribution in [3.05, 3.63) is 0 Å². The molecule has 1 aliphatic rings. The van der Waals surface area contributed by atoms with Gasteiger partial charge in [0.15, 0.2) is 6.10 Å². The standard InChI is InChI=1S/C11H20O7/c1-10(2)6-5-7-11(18-15-4,16-9(12)13)8(10)17-14-3/h8H,5-7H2,1-4H3,(H,12,13). The highest BCUT2D eigenvalue weighted by molar-refractivity contribution is 5.57. The van der Waals surface area contributed by atoms with Crippen molar-refractivity contribution in [2.24, 2.45) is 5.41 Å². The number of rotatable bonds is 5. The molecule has 1 rings (SSSR count). The molecule has 106 valence electrons. The fourth-order valence-electron chi connectivity index (χ4n) is 2.44. The Balaban J connectivity index is 3.04. The van der Waals surface area contributed by atoms with E-state index >= 15 is 0 Å². The molecule has 1 saturated carbocycles. The summed E-state index contributed by atoms with van der Waals surface area (Å²) in [6, 6.07) is 0. The smallest absolute Gasteiger partial charge is 0.450 e. The quantitative estimate of drug-likeness (QED) is 0.352. The molecule has 0 spiro atoms. The molecule has 0 aliphatic heterocycles. The van der Waals surface area contributed by atoms with Gasteiger partial charge < -0.3 is 9.84 Å². The van der Waals surface area contributed by atoms with Gasteiger partial charge in [0.25, 0.3) is 5.79 Å². The summed E-state index contributed by atoms with van der Waals surface area (Å²) in [6.45, 7) is 3.85. The van der Waals surface area contributed by atoms with Crippen LogP contribution in [0.15, 0.2) is 0 Å².